The number of carbonyl (C=O) groups excluding carboxylic acids is 1. The van der Waals surface area contributed by atoms with Gasteiger partial charge in [-0.25, -0.2) is 0 Å². The van der Waals surface area contributed by atoms with Gasteiger partial charge in [-0.3, -0.25) is 9.69 Å². The maximum absolute atomic E-state index is 12.2. The maximum atomic E-state index is 12.2. The van der Waals surface area contributed by atoms with Crippen molar-refractivity contribution in [1.82, 2.24) is 19.9 Å². The monoisotopic (exact) mass is 342 g/mol. The van der Waals surface area contributed by atoms with E-state index in [2.05, 4.69) is 46.2 Å². The van der Waals surface area contributed by atoms with Crippen molar-refractivity contribution >= 4 is 5.91 Å². The lowest BCUT2D eigenvalue weighted by Crippen LogP contribution is -2.40. The summed E-state index contributed by atoms with van der Waals surface area (Å²) in [5.41, 5.74) is 1.31. The molecule has 0 bridgehead atoms. The van der Waals surface area contributed by atoms with Crippen molar-refractivity contribution in [3.8, 4) is 0 Å². The predicted molar refractivity (Wildman–Crippen MR) is 94.7 cm³/mol. The molecule has 25 heavy (non-hydrogen) atoms. The molecule has 2 aromatic rings. The summed E-state index contributed by atoms with van der Waals surface area (Å²) >= 11 is 0. The highest BCUT2D eigenvalue weighted by molar-refractivity contribution is 5.73. The van der Waals surface area contributed by atoms with Crippen LogP contribution in [0.15, 0.2) is 34.9 Å². The summed E-state index contributed by atoms with van der Waals surface area (Å²) in [6.45, 7) is 8.08. The maximum Gasteiger partial charge on any atom is 0.226 e. The van der Waals surface area contributed by atoms with Crippen molar-refractivity contribution in [3.05, 3.63) is 47.6 Å². The van der Waals surface area contributed by atoms with Gasteiger partial charge in [0, 0.05) is 38.5 Å². The van der Waals surface area contributed by atoms with Crippen molar-refractivity contribution < 1.29 is 9.32 Å². The Morgan fingerprint density at radius 2 is 2.16 bits per heavy atom. The highest BCUT2D eigenvalue weighted by atomic mass is 16.5. The molecule has 1 aromatic carbocycles. The molecule has 1 amide bonds. The molecule has 3 rings (SSSR count). The third kappa shape index (κ3) is 4.07. The summed E-state index contributed by atoms with van der Waals surface area (Å²) in [6.07, 6.45) is 1.67. The van der Waals surface area contributed by atoms with Crippen LogP contribution >= 0.6 is 0 Å². The van der Waals surface area contributed by atoms with Gasteiger partial charge >= 0.3 is 0 Å². The molecule has 6 heteroatoms. The minimum absolute atomic E-state index is 0.0575. The van der Waals surface area contributed by atoms with E-state index in [0.29, 0.717) is 30.7 Å². The molecule has 0 unspecified atom stereocenters. The van der Waals surface area contributed by atoms with Gasteiger partial charge in [-0.2, -0.15) is 4.98 Å². The van der Waals surface area contributed by atoms with Gasteiger partial charge in [-0.1, -0.05) is 42.4 Å². The Morgan fingerprint density at radius 3 is 2.80 bits per heavy atom. The fraction of sp³-hybridized carbons (Fsp3) is 0.526. The highest BCUT2D eigenvalue weighted by Crippen LogP contribution is 2.27. The number of nitrogens with zero attached hydrogens (tertiary/aromatic N) is 4. The summed E-state index contributed by atoms with van der Waals surface area (Å²) in [5, 5.41) is 3.99. The van der Waals surface area contributed by atoms with Crippen molar-refractivity contribution in [3.63, 3.8) is 0 Å². The average Bonchev–Trinajstić information content (AvgIpc) is 3.29. The third-order valence-corrected chi connectivity index (χ3v) is 4.99. The molecule has 2 atom stereocenters. The van der Waals surface area contributed by atoms with Crippen LogP contribution in [-0.2, 0) is 17.8 Å². The van der Waals surface area contributed by atoms with Crippen molar-refractivity contribution in [1.29, 1.82) is 0 Å². The Hall–Kier alpha value is -2.21. The van der Waals surface area contributed by atoms with Gasteiger partial charge in [0.15, 0.2) is 5.82 Å². The lowest BCUT2D eigenvalue weighted by atomic mass is 10.1. The van der Waals surface area contributed by atoms with E-state index in [1.807, 2.05) is 17.9 Å². The molecule has 1 fully saturated rings. The fourth-order valence-electron chi connectivity index (χ4n) is 3.46. The summed E-state index contributed by atoms with van der Waals surface area (Å²) in [4.78, 5) is 20.8. The number of likely N-dealkylation sites (tertiary alicyclic amines) is 1. The van der Waals surface area contributed by atoms with Gasteiger partial charge in [0.25, 0.3) is 0 Å². The quantitative estimate of drug-likeness (QED) is 0.808. The van der Waals surface area contributed by atoms with E-state index in [1.54, 1.807) is 6.92 Å². The molecular formula is C19H26N4O2. The Morgan fingerprint density at radius 1 is 1.40 bits per heavy atom. The number of rotatable bonds is 6. The van der Waals surface area contributed by atoms with Crippen LogP contribution < -0.4 is 0 Å². The molecule has 1 aromatic heterocycles. The molecule has 0 saturated carbocycles. The fourth-order valence-corrected chi connectivity index (χ4v) is 3.46. The SMILES string of the molecule is CCc1nc(CN(C(C)=O)[C@H]2CCN([C@H](C)c3ccccc3)C2)no1. The zero-order valence-corrected chi connectivity index (χ0v) is 15.2. The molecule has 6 nitrogen and oxygen atoms in total. The zero-order chi connectivity index (χ0) is 17.8. The molecule has 0 spiro atoms. The number of hydrogen-bond donors (Lipinski definition) is 0. The molecule has 2 heterocycles. The lowest BCUT2D eigenvalue weighted by molar-refractivity contribution is -0.131. The minimum Gasteiger partial charge on any atom is -0.339 e. The first-order valence-electron chi connectivity index (χ1n) is 8.96. The first kappa shape index (κ1) is 17.6. The Kier molecular flexibility index (Phi) is 5.48. The number of aromatic nitrogens is 2. The Balaban J connectivity index is 1.66. The molecule has 1 aliphatic rings. The Bertz CT molecular complexity index is 700. The molecule has 1 aliphatic heterocycles. The van der Waals surface area contributed by atoms with Crippen LogP contribution in [-0.4, -0.2) is 45.0 Å². The van der Waals surface area contributed by atoms with Gasteiger partial charge in [-0.15, -0.1) is 0 Å². The van der Waals surface area contributed by atoms with Crippen LogP contribution in [0.4, 0.5) is 0 Å². The van der Waals surface area contributed by atoms with Crippen LogP contribution in [0.2, 0.25) is 0 Å². The molecular weight excluding hydrogens is 316 g/mol. The van der Waals surface area contributed by atoms with Crippen LogP contribution in [0, 0.1) is 0 Å². The third-order valence-electron chi connectivity index (χ3n) is 4.99. The number of carbonyl (C=O) groups is 1. The zero-order valence-electron chi connectivity index (χ0n) is 15.2. The van der Waals surface area contributed by atoms with Gasteiger partial charge in [0.2, 0.25) is 11.8 Å². The van der Waals surface area contributed by atoms with E-state index >= 15 is 0 Å². The van der Waals surface area contributed by atoms with E-state index in [0.717, 1.165) is 19.5 Å². The van der Waals surface area contributed by atoms with E-state index < -0.39 is 0 Å². The lowest BCUT2D eigenvalue weighted by Gasteiger charge is -2.29. The summed E-state index contributed by atoms with van der Waals surface area (Å²) < 4.78 is 5.16. The van der Waals surface area contributed by atoms with Gasteiger partial charge < -0.3 is 9.42 Å². The van der Waals surface area contributed by atoms with Crippen LogP contribution in [0.3, 0.4) is 0 Å². The van der Waals surface area contributed by atoms with Crippen LogP contribution in [0.25, 0.3) is 0 Å². The average molecular weight is 342 g/mol. The van der Waals surface area contributed by atoms with E-state index in [9.17, 15) is 4.79 Å². The summed E-state index contributed by atoms with van der Waals surface area (Å²) in [6, 6.07) is 11.0. The van der Waals surface area contributed by atoms with Gasteiger partial charge in [0.05, 0.1) is 6.54 Å². The van der Waals surface area contributed by atoms with Crippen molar-refractivity contribution in [2.45, 2.75) is 52.2 Å². The Labute approximate surface area is 148 Å². The van der Waals surface area contributed by atoms with Crippen molar-refractivity contribution in [2.24, 2.45) is 0 Å². The second kappa shape index (κ2) is 7.78. The van der Waals surface area contributed by atoms with Gasteiger partial charge in [-0.05, 0) is 18.9 Å². The first-order chi connectivity index (χ1) is 12.1. The second-order valence-electron chi connectivity index (χ2n) is 6.63. The van der Waals surface area contributed by atoms with E-state index in [-0.39, 0.29) is 11.9 Å². The standard InChI is InChI=1S/C19H26N4O2/c1-4-19-20-18(21-25-19)13-23(15(3)24)17-10-11-22(12-17)14(2)16-8-6-5-7-9-16/h5-9,14,17H,4,10-13H2,1-3H3/t14-,17+/m1/s1. The number of aryl methyl sites for hydroxylation is 1. The van der Waals surface area contributed by atoms with Crippen LogP contribution in [0.5, 0.6) is 0 Å². The molecule has 0 aliphatic carbocycles. The largest absolute Gasteiger partial charge is 0.339 e. The molecule has 0 radical (unpaired) electrons. The molecule has 134 valence electrons. The van der Waals surface area contributed by atoms with Gasteiger partial charge in [0.1, 0.15) is 0 Å². The minimum atomic E-state index is 0.0575. The second-order valence-corrected chi connectivity index (χ2v) is 6.63. The normalized spacial score (nSPS) is 19.1. The van der Waals surface area contributed by atoms with Crippen LogP contribution in [0.1, 0.15) is 50.5 Å². The van der Waals surface area contributed by atoms with E-state index in [4.69, 9.17) is 4.52 Å². The number of amides is 1. The van der Waals surface area contributed by atoms with E-state index in [1.165, 1.54) is 5.56 Å². The number of benzene rings is 1. The smallest absolute Gasteiger partial charge is 0.226 e. The van der Waals surface area contributed by atoms with Crippen molar-refractivity contribution in [2.75, 3.05) is 13.1 Å². The highest BCUT2D eigenvalue weighted by Gasteiger charge is 2.32. The summed E-state index contributed by atoms with van der Waals surface area (Å²) in [7, 11) is 0. The molecule has 1 saturated heterocycles. The molecule has 0 N–H and O–H groups in total. The number of hydrogen-bond acceptors (Lipinski definition) is 5. The predicted octanol–water partition coefficient (Wildman–Crippen LogP) is 2.82. The first-order valence-corrected chi connectivity index (χ1v) is 8.96. The summed E-state index contributed by atoms with van der Waals surface area (Å²) in [5.74, 6) is 1.26. The topological polar surface area (TPSA) is 62.5 Å².